The molecule has 0 amide bonds. The van der Waals surface area contributed by atoms with Gasteiger partial charge in [0.1, 0.15) is 24.4 Å². The van der Waals surface area contributed by atoms with Gasteiger partial charge in [0, 0.05) is 21.3 Å². The summed E-state index contributed by atoms with van der Waals surface area (Å²) in [6.07, 6.45) is -0.756. The molecule has 0 spiro atoms. The number of methoxy groups -OCH3 is 3. The molecule has 82 valence electrons. The molecule has 2 saturated heterocycles. The molecule has 0 saturated carbocycles. The van der Waals surface area contributed by atoms with E-state index in [4.69, 9.17) is 23.7 Å². The predicted molar refractivity (Wildman–Crippen MR) is 47.0 cm³/mol. The summed E-state index contributed by atoms with van der Waals surface area (Å²) >= 11 is 0. The third-order valence-corrected chi connectivity index (χ3v) is 2.82. The van der Waals surface area contributed by atoms with Crippen molar-refractivity contribution < 1.29 is 23.7 Å². The highest BCUT2D eigenvalue weighted by Gasteiger charge is 2.52. The summed E-state index contributed by atoms with van der Waals surface area (Å²) in [7, 11) is 4.88. The Morgan fingerprint density at radius 1 is 1.00 bits per heavy atom. The van der Waals surface area contributed by atoms with Gasteiger partial charge >= 0.3 is 0 Å². The van der Waals surface area contributed by atoms with Crippen LogP contribution in [0.2, 0.25) is 0 Å². The molecule has 0 aromatic rings. The number of fused-ring (bicyclic) bond motifs is 2. The standard InChI is InChI=1S/C9H16O5/c1-10-6-5-4-13-7(6)8(11-2)9(12-3)14-5/h5-9H,4H2,1-3H3/t5-,6-,7+,8-,9+/m1/s1. The molecule has 2 heterocycles. The molecule has 2 rings (SSSR count). The highest BCUT2D eigenvalue weighted by atomic mass is 16.7. The highest BCUT2D eigenvalue weighted by Crippen LogP contribution is 2.32. The molecule has 2 bridgehead atoms. The van der Waals surface area contributed by atoms with Crippen molar-refractivity contribution in [2.45, 2.75) is 30.7 Å². The molecule has 2 aliphatic rings. The lowest BCUT2D eigenvalue weighted by Crippen LogP contribution is -2.55. The van der Waals surface area contributed by atoms with Crippen LogP contribution >= 0.6 is 0 Å². The van der Waals surface area contributed by atoms with Crippen molar-refractivity contribution in [3.05, 3.63) is 0 Å². The van der Waals surface area contributed by atoms with Crippen LogP contribution in [0.3, 0.4) is 0 Å². The predicted octanol–water partition coefficient (Wildman–Crippen LogP) is -0.214. The third kappa shape index (κ3) is 1.45. The van der Waals surface area contributed by atoms with Crippen LogP contribution in [-0.2, 0) is 23.7 Å². The average Bonchev–Trinajstić information content (AvgIpc) is 2.52. The smallest absolute Gasteiger partial charge is 0.186 e. The monoisotopic (exact) mass is 204 g/mol. The molecule has 0 unspecified atom stereocenters. The summed E-state index contributed by atoms with van der Waals surface area (Å²) in [6.45, 7) is 0.545. The van der Waals surface area contributed by atoms with Crippen molar-refractivity contribution in [1.29, 1.82) is 0 Å². The first kappa shape index (κ1) is 10.3. The van der Waals surface area contributed by atoms with E-state index < -0.39 is 0 Å². The molecule has 0 aliphatic carbocycles. The van der Waals surface area contributed by atoms with E-state index in [-0.39, 0.29) is 30.7 Å². The molecule has 0 N–H and O–H groups in total. The number of hydrogen-bond donors (Lipinski definition) is 0. The largest absolute Gasteiger partial charge is 0.376 e. The maximum atomic E-state index is 5.64. The third-order valence-electron chi connectivity index (χ3n) is 2.82. The van der Waals surface area contributed by atoms with Crippen LogP contribution in [0.15, 0.2) is 0 Å². The molecule has 0 aromatic carbocycles. The van der Waals surface area contributed by atoms with E-state index in [2.05, 4.69) is 0 Å². The van der Waals surface area contributed by atoms with E-state index in [1.54, 1.807) is 21.3 Å². The van der Waals surface area contributed by atoms with E-state index in [0.29, 0.717) is 6.61 Å². The lowest BCUT2D eigenvalue weighted by atomic mass is 10.0. The minimum absolute atomic E-state index is 0.0404. The Kier molecular flexibility index (Phi) is 3.04. The molecule has 2 aliphatic heterocycles. The fourth-order valence-electron chi connectivity index (χ4n) is 2.13. The summed E-state index contributed by atoms with van der Waals surface area (Å²) in [5.41, 5.74) is 0. The fourth-order valence-corrected chi connectivity index (χ4v) is 2.13. The Morgan fingerprint density at radius 3 is 2.29 bits per heavy atom. The van der Waals surface area contributed by atoms with Gasteiger partial charge in [0.15, 0.2) is 6.29 Å². The Bertz CT molecular complexity index is 198. The zero-order chi connectivity index (χ0) is 10.1. The van der Waals surface area contributed by atoms with Gasteiger partial charge in [-0.2, -0.15) is 0 Å². The Labute approximate surface area is 83.2 Å². The van der Waals surface area contributed by atoms with Gasteiger partial charge in [-0.25, -0.2) is 0 Å². The minimum Gasteiger partial charge on any atom is -0.376 e. The van der Waals surface area contributed by atoms with Crippen molar-refractivity contribution in [2.24, 2.45) is 0 Å². The summed E-state index contributed by atoms with van der Waals surface area (Å²) in [5.74, 6) is 0. The van der Waals surface area contributed by atoms with E-state index in [1.165, 1.54) is 0 Å². The molecule has 0 aromatic heterocycles. The zero-order valence-corrected chi connectivity index (χ0v) is 8.64. The quantitative estimate of drug-likeness (QED) is 0.636. The van der Waals surface area contributed by atoms with Gasteiger partial charge in [-0.15, -0.1) is 0 Å². The molecular formula is C9H16O5. The second kappa shape index (κ2) is 4.12. The van der Waals surface area contributed by atoms with Gasteiger partial charge in [-0.05, 0) is 0 Å². The van der Waals surface area contributed by atoms with Crippen molar-refractivity contribution in [3.8, 4) is 0 Å². The Balaban J connectivity index is 2.13. The Morgan fingerprint density at radius 2 is 1.71 bits per heavy atom. The molecule has 5 nitrogen and oxygen atoms in total. The molecule has 5 atom stereocenters. The minimum atomic E-state index is -0.358. The van der Waals surface area contributed by atoms with Gasteiger partial charge in [-0.1, -0.05) is 0 Å². The lowest BCUT2D eigenvalue weighted by Gasteiger charge is -2.37. The highest BCUT2D eigenvalue weighted by molar-refractivity contribution is 4.96. The van der Waals surface area contributed by atoms with Gasteiger partial charge in [0.25, 0.3) is 0 Å². The number of ether oxygens (including phenoxy) is 5. The van der Waals surface area contributed by atoms with Crippen LogP contribution in [0.1, 0.15) is 0 Å². The average molecular weight is 204 g/mol. The first-order chi connectivity index (χ1) is 6.81. The van der Waals surface area contributed by atoms with E-state index in [1.807, 2.05) is 0 Å². The normalized spacial score (nSPS) is 46.9. The molecule has 0 radical (unpaired) electrons. The summed E-state index contributed by atoms with van der Waals surface area (Å²) in [4.78, 5) is 0. The lowest BCUT2D eigenvalue weighted by molar-refractivity contribution is -0.262. The first-order valence-corrected chi connectivity index (χ1v) is 4.67. The van der Waals surface area contributed by atoms with Gasteiger partial charge in [0.05, 0.1) is 6.61 Å². The van der Waals surface area contributed by atoms with Crippen LogP contribution in [0.25, 0.3) is 0 Å². The summed E-state index contributed by atoms with van der Waals surface area (Å²) in [6, 6.07) is 0. The molecule has 14 heavy (non-hydrogen) atoms. The zero-order valence-electron chi connectivity index (χ0n) is 8.64. The number of rotatable bonds is 3. The van der Waals surface area contributed by atoms with Gasteiger partial charge in [0.2, 0.25) is 0 Å². The fraction of sp³-hybridized carbons (Fsp3) is 1.00. The van der Waals surface area contributed by atoms with Crippen LogP contribution in [0, 0.1) is 0 Å². The summed E-state index contributed by atoms with van der Waals surface area (Å²) in [5, 5.41) is 0. The second-order valence-corrected chi connectivity index (χ2v) is 3.48. The van der Waals surface area contributed by atoms with E-state index in [0.717, 1.165) is 0 Å². The second-order valence-electron chi connectivity index (χ2n) is 3.48. The maximum Gasteiger partial charge on any atom is 0.186 e. The van der Waals surface area contributed by atoms with Crippen molar-refractivity contribution in [2.75, 3.05) is 27.9 Å². The van der Waals surface area contributed by atoms with Crippen molar-refractivity contribution >= 4 is 0 Å². The Hall–Kier alpha value is -0.200. The first-order valence-electron chi connectivity index (χ1n) is 4.67. The summed E-state index contributed by atoms with van der Waals surface area (Å²) < 4.78 is 27.0. The van der Waals surface area contributed by atoms with Crippen LogP contribution in [-0.4, -0.2) is 58.6 Å². The van der Waals surface area contributed by atoms with Gasteiger partial charge < -0.3 is 23.7 Å². The molecule has 5 heteroatoms. The van der Waals surface area contributed by atoms with E-state index >= 15 is 0 Å². The van der Waals surface area contributed by atoms with Crippen LogP contribution in [0.5, 0.6) is 0 Å². The molecular weight excluding hydrogens is 188 g/mol. The topological polar surface area (TPSA) is 46.2 Å². The van der Waals surface area contributed by atoms with Gasteiger partial charge in [-0.3, -0.25) is 0 Å². The number of hydrogen-bond acceptors (Lipinski definition) is 5. The molecule has 2 fully saturated rings. The van der Waals surface area contributed by atoms with Crippen LogP contribution in [0.4, 0.5) is 0 Å². The SMILES string of the molecule is CO[C@H]1O[C@@H]2CO[C@H]([C@H]1OC)[C@@H]2OC. The van der Waals surface area contributed by atoms with Crippen molar-refractivity contribution in [1.82, 2.24) is 0 Å². The van der Waals surface area contributed by atoms with E-state index in [9.17, 15) is 0 Å². The van der Waals surface area contributed by atoms with Crippen LogP contribution < -0.4 is 0 Å². The van der Waals surface area contributed by atoms with Crippen molar-refractivity contribution in [3.63, 3.8) is 0 Å². The maximum absolute atomic E-state index is 5.64.